The van der Waals surface area contributed by atoms with E-state index in [1.807, 2.05) is 35.2 Å². The summed E-state index contributed by atoms with van der Waals surface area (Å²) in [7, 11) is 0. The van der Waals surface area contributed by atoms with Crippen molar-refractivity contribution in [1.29, 1.82) is 0 Å². The molecule has 0 aromatic heterocycles. The van der Waals surface area contributed by atoms with E-state index in [0.29, 0.717) is 30.1 Å². The fourth-order valence-electron chi connectivity index (χ4n) is 2.06. The molecular formula is C16H16ClFN2S. The molecule has 2 nitrogen and oxygen atoms in total. The molecule has 21 heavy (non-hydrogen) atoms. The minimum absolute atomic E-state index is 0.134. The maximum Gasteiger partial charge on any atom is 0.146 e. The van der Waals surface area contributed by atoms with Crippen LogP contribution in [-0.2, 0) is 6.54 Å². The number of anilines is 1. The van der Waals surface area contributed by atoms with Crippen molar-refractivity contribution in [3.05, 3.63) is 64.9 Å². The van der Waals surface area contributed by atoms with Crippen molar-refractivity contribution >= 4 is 34.5 Å². The zero-order valence-corrected chi connectivity index (χ0v) is 13.0. The van der Waals surface area contributed by atoms with Crippen LogP contribution in [0.5, 0.6) is 0 Å². The van der Waals surface area contributed by atoms with E-state index in [0.717, 1.165) is 5.69 Å². The summed E-state index contributed by atoms with van der Waals surface area (Å²) in [5, 5.41) is 0.134. The molecule has 0 saturated heterocycles. The molecule has 0 aliphatic heterocycles. The summed E-state index contributed by atoms with van der Waals surface area (Å²) in [5.41, 5.74) is 7.12. The lowest BCUT2D eigenvalue weighted by atomic mass is 10.1. The van der Waals surface area contributed by atoms with Gasteiger partial charge in [-0.05, 0) is 18.2 Å². The fraction of sp³-hybridized carbons (Fsp3) is 0.188. The SMILES string of the molecule is NC(=S)CCN(Cc1cccc(Cl)c1F)c1ccccc1. The number of rotatable bonds is 6. The van der Waals surface area contributed by atoms with Crippen molar-refractivity contribution in [3.63, 3.8) is 0 Å². The third-order valence-electron chi connectivity index (χ3n) is 3.14. The minimum atomic E-state index is -0.379. The van der Waals surface area contributed by atoms with Gasteiger partial charge >= 0.3 is 0 Å². The molecule has 0 heterocycles. The van der Waals surface area contributed by atoms with Gasteiger partial charge in [-0.25, -0.2) is 4.39 Å². The van der Waals surface area contributed by atoms with Gasteiger partial charge < -0.3 is 10.6 Å². The van der Waals surface area contributed by atoms with E-state index in [9.17, 15) is 4.39 Å². The summed E-state index contributed by atoms with van der Waals surface area (Å²) in [6.45, 7) is 1.05. The van der Waals surface area contributed by atoms with Crippen LogP contribution in [0, 0.1) is 5.82 Å². The van der Waals surface area contributed by atoms with Gasteiger partial charge in [0.1, 0.15) is 5.82 Å². The van der Waals surface area contributed by atoms with E-state index in [1.165, 1.54) is 0 Å². The number of benzene rings is 2. The Balaban J connectivity index is 2.23. The predicted octanol–water partition coefficient (Wildman–Crippen LogP) is 4.16. The van der Waals surface area contributed by atoms with Gasteiger partial charge in [0.2, 0.25) is 0 Å². The van der Waals surface area contributed by atoms with Crippen molar-refractivity contribution in [1.82, 2.24) is 0 Å². The van der Waals surface area contributed by atoms with E-state index in [4.69, 9.17) is 29.6 Å². The number of nitrogens with two attached hydrogens (primary N) is 1. The normalized spacial score (nSPS) is 10.4. The van der Waals surface area contributed by atoms with Crippen LogP contribution in [0.3, 0.4) is 0 Å². The number of hydrogen-bond donors (Lipinski definition) is 1. The van der Waals surface area contributed by atoms with E-state index < -0.39 is 0 Å². The highest BCUT2D eigenvalue weighted by Gasteiger charge is 2.12. The smallest absolute Gasteiger partial charge is 0.146 e. The Morgan fingerprint density at radius 2 is 1.86 bits per heavy atom. The number of nitrogens with zero attached hydrogens (tertiary/aromatic N) is 1. The van der Waals surface area contributed by atoms with E-state index in [2.05, 4.69) is 0 Å². The van der Waals surface area contributed by atoms with Crippen molar-refractivity contribution in [2.75, 3.05) is 11.4 Å². The molecule has 0 unspecified atom stereocenters. The maximum atomic E-state index is 14.1. The molecule has 0 amide bonds. The second kappa shape index (κ2) is 7.38. The molecular weight excluding hydrogens is 307 g/mol. The third kappa shape index (κ3) is 4.41. The summed E-state index contributed by atoms with van der Waals surface area (Å²) in [4.78, 5) is 2.48. The first-order valence-electron chi connectivity index (χ1n) is 6.59. The first-order chi connectivity index (χ1) is 10.1. The quantitative estimate of drug-likeness (QED) is 0.810. The van der Waals surface area contributed by atoms with Gasteiger partial charge in [0.25, 0.3) is 0 Å². The van der Waals surface area contributed by atoms with Crippen molar-refractivity contribution < 1.29 is 4.39 Å². The molecule has 110 valence electrons. The van der Waals surface area contributed by atoms with E-state index >= 15 is 0 Å². The van der Waals surface area contributed by atoms with Crippen LogP contribution in [0.2, 0.25) is 5.02 Å². The highest BCUT2D eigenvalue weighted by Crippen LogP contribution is 2.22. The van der Waals surface area contributed by atoms with Crippen molar-refractivity contribution in [3.8, 4) is 0 Å². The molecule has 2 rings (SSSR count). The molecule has 2 aromatic rings. The first-order valence-corrected chi connectivity index (χ1v) is 7.37. The van der Waals surface area contributed by atoms with E-state index in [-0.39, 0.29) is 10.8 Å². The Labute approximate surface area is 134 Å². The van der Waals surface area contributed by atoms with Crippen LogP contribution in [0.1, 0.15) is 12.0 Å². The summed E-state index contributed by atoms with van der Waals surface area (Å²) in [6, 6.07) is 14.8. The highest BCUT2D eigenvalue weighted by molar-refractivity contribution is 7.80. The Kier molecular flexibility index (Phi) is 5.53. The second-order valence-electron chi connectivity index (χ2n) is 4.69. The fourth-order valence-corrected chi connectivity index (χ4v) is 2.35. The zero-order chi connectivity index (χ0) is 15.2. The van der Waals surface area contributed by atoms with Crippen LogP contribution >= 0.6 is 23.8 Å². The minimum Gasteiger partial charge on any atom is -0.393 e. The molecule has 0 fully saturated rings. The average molecular weight is 323 g/mol. The van der Waals surface area contributed by atoms with Crippen molar-refractivity contribution in [2.45, 2.75) is 13.0 Å². The molecule has 0 atom stereocenters. The standard InChI is InChI=1S/C16H16ClFN2S/c17-14-8-4-5-12(16(14)18)11-20(10-9-15(19)21)13-6-2-1-3-7-13/h1-8H,9-11H2,(H2,19,21). The Hall–Kier alpha value is -1.65. The van der Waals surface area contributed by atoms with Crippen LogP contribution in [0.25, 0.3) is 0 Å². The van der Waals surface area contributed by atoms with Gasteiger partial charge in [-0.3, -0.25) is 0 Å². The third-order valence-corrected chi connectivity index (χ3v) is 3.64. The van der Waals surface area contributed by atoms with E-state index in [1.54, 1.807) is 18.2 Å². The van der Waals surface area contributed by atoms with Gasteiger partial charge in [0.15, 0.2) is 0 Å². The average Bonchev–Trinajstić information content (AvgIpc) is 2.48. The second-order valence-corrected chi connectivity index (χ2v) is 5.62. The maximum absolute atomic E-state index is 14.1. The van der Waals surface area contributed by atoms with Crippen LogP contribution in [0.4, 0.5) is 10.1 Å². The topological polar surface area (TPSA) is 29.3 Å². The monoisotopic (exact) mass is 322 g/mol. The largest absolute Gasteiger partial charge is 0.393 e. The first kappa shape index (κ1) is 15.7. The molecule has 0 radical (unpaired) electrons. The highest BCUT2D eigenvalue weighted by atomic mass is 35.5. The Morgan fingerprint density at radius 3 is 2.52 bits per heavy atom. The molecule has 0 bridgehead atoms. The summed E-state index contributed by atoms with van der Waals surface area (Å²) >= 11 is 10.8. The predicted molar refractivity (Wildman–Crippen MR) is 90.3 cm³/mol. The van der Waals surface area contributed by atoms with Crippen LogP contribution in [-0.4, -0.2) is 11.5 Å². The summed E-state index contributed by atoms with van der Waals surface area (Å²) in [5.74, 6) is -0.379. The number of thiocarbonyl (C=S) groups is 1. The lowest BCUT2D eigenvalue weighted by Crippen LogP contribution is -2.27. The molecule has 0 aliphatic carbocycles. The molecule has 2 N–H and O–H groups in total. The number of hydrogen-bond acceptors (Lipinski definition) is 2. The molecule has 2 aromatic carbocycles. The Morgan fingerprint density at radius 1 is 1.14 bits per heavy atom. The lowest BCUT2D eigenvalue weighted by Gasteiger charge is -2.25. The summed E-state index contributed by atoms with van der Waals surface area (Å²) < 4.78 is 14.1. The Bertz CT molecular complexity index is 619. The van der Waals surface area contributed by atoms with Gasteiger partial charge in [0, 0.05) is 30.8 Å². The molecule has 0 saturated carbocycles. The van der Waals surface area contributed by atoms with Gasteiger partial charge in [0.05, 0.1) is 10.0 Å². The van der Waals surface area contributed by atoms with Gasteiger partial charge in [-0.1, -0.05) is 54.2 Å². The van der Waals surface area contributed by atoms with Crippen molar-refractivity contribution in [2.24, 2.45) is 5.73 Å². The van der Waals surface area contributed by atoms with Crippen LogP contribution in [0.15, 0.2) is 48.5 Å². The van der Waals surface area contributed by atoms with Gasteiger partial charge in [-0.2, -0.15) is 0 Å². The van der Waals surface area contributed by atoms with Crippen LogP contribution < -0.4 is 10.6 Å². The summed E-state index contributed by atoms with van der Waals surface area (Å²) in [6.07, 6.45) is 0.576. The lowest BCUT2D eigenvalue weighted by molar-refractivity contribution is 0.605. The number of para-hydroxylation sites is 1. The molecule has 0 spiro atoms. The number of halogens is 2. The molecule has 0 aliphatic rings. The zero-order valence-electron chi connectivity index (χ0n) is 11.4. The molecule has 5 heteroatoms. The van der Waals surface area contributed by atoms with Gasteiger partial charge in [-0.15, -0.1) is 0 Å².